The van der Waals surface area contributed by atoms with Crippen LogP contribution in [0.2, 0.25) is 0 Å². The molecule has 0 fully saturated rings. The smallest absolute Gasteiger partial charge is 0.164 e. The van der Waals surface area contributed by atoms with Crippen LogP contribution in [0.3, 0.4) is 0 Å². The van der Waals surface area contributed by atoms with Gasteiger partial charge >= 0.3 is 0 Å². The maximum Gasteiger partial charge on any atom is 0.164 e. The van der Waals surface area contributed by atoms with Crippen LogP contribution in [0.25, 0.3) is 0 Å². The fourth-order valence-corrected chi connectivity index (χ4v) is 2.45. The van der Waals surface area contributed by atoms with Crippen LogP contribution >= 0.6 is 11.8 Å². The monoisotopic (exact) mass is 311 g/mol. The van der Waals surface area contributed by atoms with Crippen molar-refractivity contribution >= 4 is 11.8 Å². The first kappa shape index (κ1) is 21.8. The van der Waals surface area contributed by atoms with Gasteiger partial charge in [-0.1, -0.05) is 71.1 Å². The van der Waals surface area contributed by atoms with Gasteiger partial charge in [0.15, 0.2) is 11.8 Å². The maximum atomic E-state index is 6.10. The zero-order chi connectivity index (χ0) is 13.7. The van der Waals surface area contributed by atoms with Gasteiger partial charge < -0.3 is 12.4 Å². The second-order valence-electron chi connectivity index (χ2n) is 6.15. The van der Waals surface area contributed by atoms with Gasteiger partial charge in [-0.05, 0) is 12.8 Å². The van der Waals surface area contributed by atoms with E-state index in [1.165, 1.54) is 77.0 Å². The molecular formula is C16H35Cl2N. The highest BCUT2D eigenvalue weighted by Crippen LogP contribution is 2.13. The van der Waals surface area contributed by atoms with Crippen LogP contribution in [0, 0.1) is 0 Å². The van der Waals surface area contributed by atoms with Gasteiger partial charge in [0.1, 0.15) is 0 Å². The largest absolute Gasteiger partial charge is 1.00 e. The molecule has 0 rings (SSSR count). The molecule has 0 amide bonds. The van der Waals surface area contributed by atoms with E-state index in [-0.39, 0.29) is 12.4 Å². The Bertz CT molecular complexity index is 167. The second-order valence-corrected chi connectivity index (χ2v) is 7.07. The average Bonchev–Trinajstić information content (AvgIpc) is 2.29. The molecule has 0 saturated carbocycles. The fraction of sp³-hybridized carbons (Fsp3) is 1.00. The molecule has 19 heavy (non-hydrogen) atoms. The first-order valence-electron chi connectivity index (χ1n) is 8.09. The lowest BCUT2D eigenvalue weighted by Gasteiger charge is -2.17. The van der Waals surface area contributed by atoms with Crippen LogP contribution in [-0.4, -0.2) is 24.6 Å². The third kappa shape index (κ3) is 21.0. The first-order chi connectivity index (χ1) is 8.56. The van der Waals surface area contributed by atoms with Crippen LogP contribution in [0.5, 0.6) is 0 Å². The SMILES string of the molecule is CCCCCCCCCCCCCC[N+](C)(C)Cl.[Cl-]. The number of quaternary nitrogens is 1. The van der Waals surface area contributed by atoms with Crippen molar-refractivity contribution in [2.24, 2.45) is 0 Å². The Kier molecular flexibility index (Phi) is 17.2. The lowest BCUT2D eigenvalue weighted by Crippen LogP contribution is -3.00. The van der Waals surface area contributed by atoms with E-state index in [1.54, 1.807) is 0 Å². The molecule has 0 spiro atoms. The summed E-state index contributed by atoms with van der Waals surface area (Å²) in [5.41, 5.74) is 0. The average molecular weight is 312 g/mol. The molecule has 0 saturated heterocycles. The van der Waals surface area contributed by atoms with Gasteiger partial charge in [-0.15, -0.1) is 0 Å². The van der Waals surface area contributed by atoms with Gasteiger partial charge in [0.05, 0.1) is 20.6 Å². The summed E-state index contributed by atoms with van der Waals surface area (Å²) in [5, 5.41) is 0. The summed E-state index contributed by atoms with van der Waals surface area (Å²) in [5.74, 6) is 0. The Labute approximate surface area is 133 Å². The highest BCUT2D eigenvalue weighted by molar-refractivity contribution is 6.06. The van der Waals surface area contributed by atoms with Crippen LogP contribution in [0.4, 0.5) is 0 Å². The van der Waals surface area contributed by atoms with Crippen molar-refractivity contribution in [2.75, 3.05) is 20.6 Å². The number of nitrogens with zero attached hydrogens (tertiary/aromatic N) is 1. The third-order valence-electron chi connectivity index (χ3n) is 3.54. The molecular weight excluding hydrogens is 277 g/mol. The molecule has 0 heterocycles. The Morgan fingerprint density at radius 3 is 1.26 bits per heavy atom. The molecule has 3 heteroatoms. The minimum Gasteiger partial charge on any atom is -1.00 e. The number of unbranched alkanes of at least 4 members (excludes halogenated alkanes) is 11. The molecule has 0 aromatic carbocycles. The van der Waals surface area contributed by atoms with Crippen molar-refractivity contribution in [3.8, 4) is 0 Å². The van der Waals surface area contributed by atoms with Crippen molar-refractivity contribution in [2.45, 2.75) is 84.0 Å². The van der Waals surface area contributed by atoms with E-state index in [4.69, 9.17) is 11.8 Å². The zero-order valence-corrected chi connectivity index (χ0v) is 14.9. The standard InChI is InChI=1S/C16H35ClN.ClH/c1-4-5-6-7-8-9-10-11-12-13-14-15-16-18(2,3)17;/h4-16H2,1-3H3;1H/q+1;/p-1. The Balaban J connectivity index is 0. The van der Waals surface area contributed by atoms with E-state index in [0.29, 0.717) is 4.00 Å². The maximum absolute atomic E-state index is 6.10. The molecule has 0 aliphatic rings. The van der Waals surface area contributed by atoms with Crippen LogP contribution in [0.1, 0.15) is 84.0 Å². The van der Waals surface area contributed by atoms with Crippen molar-refractivity contribution in [3.05, 3.63) is 0 Å². The quantitative estimate of drug-likeness (QED) is 0.362. The third-order valence-corrected chi connectivity index (χ3v) is 3.71. The van der Waals surface area contributed by atoms with Gasteiger partial charge in [0.25, 0.3) is 0 Å². The van der Waals surface area contributed by atoms with E-state index in [9.17, 15) is 0 Å². The molecule has 1 nitrogen and oxygen atoms in total. The van der Waals surface area contributed by atoms with Crippen LogP contribution < -0.4 is 12.4 Å². The second kappa shape index (κ2) is 14.9. The normalized spacial score (nSPS) is 11.4. The first-order valence-corrected chi connectivity index (χ1v) is 8.42. The minimum atomic E-state index is 0. The summed E-state index contributed by atoms with van der Waals surface area (Å²) in [6.07, 6.45) is 16.9. The Morgan fingerprint density at radius 1 is 0.632 bits per heavy atom. The Morgan fingerprint density at radius 2 is 0.947 bits per heavy atom. The summed E-state index contributed by atoms with van der Waals surface area (Å²) in [4.78, 5) is 0. The summed E-state index contributed by atoms with van der Waals surface area (Å²) < 4.78 is 0.595. The molecule has 0 atom stereocenters. The van der Waals surface area contributed by atoms with Gasteiger partial charge in [-0.25, -0.2) is 4.00 Å². The van der Waals surface area contributed by atoms with E-state index in [0.717, 1.165) is 6.54 Å². The number of hydrogen-bond donors (Lipinski definition) is 0. The molecule has 0 bridgehead atoms. The van der Waals surface area contributed by atoms with Crippen molar-refractivity contribution < 1.29 is 16.4 Å². The highest BCUT2D eigenvalue weighted by atomic mass is 35.5. The topological polar surface area (TPSA) is 0 Å². The van der Waals surface area contributed by atoms with E-state index in [1.807, 2.05) is 0 Å². The molecule has 0 aromatic heterocycles. The molecule has 0 aromatic rings. The van der Waals surface area contributed by atoms with E-state index >= 15 is 0 Å². The lowest BCUT2D eigenvalue weighted by molar-refractivity contribution is -0.771. The summed E-state index contributed by atoms with van der Waals surface area (Å²) in [6.45, 7) is 3.38. The molecule has 0 aliphatic carbocycles. The molecule has 0 N–H and O–H groups in total. The molecule has 118 valence electrons. The number of hydrogen-bond acceptors (Lipinski definition) is 0. The Hall–Kier alpha value is 0.540. The van der Waals surface area contributed by atoms with Crippen LogP contribution in [0.15, 0.2) is 0 Å². The van der Waals surface area contributed by atoms with Gasteiger partial charge in [0.2, 0.25) is 0 Å². The van der Waals surface area contributed by atoms with E-state index in [2.05, 4.69) is 21.0 Å². The molecule has 0 radical (unpaired) electrons. The van der Waals surface area contributed by atoms with Gasteiger partial charge in [-0.2, -0.15) is 0 Å². The molecule has 0 unspecified atom stereocenters. The predicted octanol–water partition coefficient (Wildman–Crippen LogP) is 2.92. The van der Waals surface area contributed by atoms with E-state index < -0.39 is 0 Å². The fourth-order valence-electron chi connectivity index (χ4n) is 2.33. The minimum absolute atomic E-state index is 0. The number of rotatable bonds is 13. The summed E-state index contributed by atoms with van der Waals surface area (Å²) in [7, 11) is 4.11. The lowest BCUT2D eigenvalue weighted by atomic mass is 10.1. The van der Waals surface area contributed by atoms with Crippen molar-refractivity contribution in [1.82, 2.24) is 0 Å². The predicted molar refractivity (Wildman–Crippen MR) is 83.9 cm³/mol. The number of halogens is 2. The van der Waals surface area contributed by atoms with Gasteiger partial charge in [0, 0.05) is 0 Å². The van der Waals surface area contributed by atoms with Crippen LogP contribution in [-0.2, 0) is 0 Å². The molecule has 0 aliphatic heterocycles. The summed E-state index contributed by atoms with van der Waals surface area (Å²) in [6, 6.07) is 0. The zero-order valence-electron chi connectivity index (χ0n) is 13.4. The van der Waals surface area contributed by atoms with Gasteiger partial charge in [-0.3, -0.25) is 0 Å². The highest BCUT2D eigenvalue weighted by Gasteiger charge is 2.09. The summed E-state index contributed by atoms with van der Waals surface area (Å²) >= 11 is 6.10. The van der Waals surface area contributed by atoms with Crippen molar-refractivity contribution in [3.63, 3.8) is 0 Å². The van der Waals surface area contributed by atoms with Crippen molar-refractivity contribution in [1.29, 1.82) is 0 Å².